The molecule has 2 aromatic carbocycles. The molecule has 2 saturated heterocycles. The predicted octanol–water partition coefficient (Wildman–Crippen LogP) is 2.18. The number of nitrogens with one attached hydrogen (secondary N) is 1. The molecule has 12 heteroatoms. The molecule has 2 aliphatic rings. The van der Waals surface area contributed by atoms with Crippen molar-refractivity contribution in [3.05, 3.63) is 71.8 Å². The first-order valence-corrected chi connectivity index (χ1v) is 13.4. The molecule has 0 bridgehead atoms. The van der Waals surface area contributed by atoms with E-state index in [9.17, 15) is 27.4 Å². The van der Waals surface area contributed by atoms with Crippen molar-refractivity contribution < 1.29 is 36.8 Å². The molecule has 0 aromatic heterocycles. The van der Waals surface area contributed by atoms with Crippen LogP contribution in [0.4, 0.5) is 9.59 Å². The maximum absolute atomic E-state index is 13.3. The fourth-order valence-corrected chi connectivity index (χ4v) is 5.25. The highest BCUT2D eigenvalue weighted by Crippen LogP contribution is 2.27. The lowest BCUT2D eigenvalue weighted by atomic mass is 10.2. The number of benzene rings is 2. The van der Waals surface area contributed by atoms with Gasteiger partial charge in [0, 0.05) is 19.6 Å². The molecule has 0 radical (unpaired) electrons. The van der Waals surface area contributed by atoms with Crippen LogP contribution in [0.2, 0.25) is 0 Å². The van der Waals surface area contributed by atoms with Gasteiger partial charge in [0.25, 0.3) is 10.1 Å². The molecule has 2 fully saturated rings. The number of nitrogens with zero attached hydrogens (tertiary/aromatic N) is 2. The number of ether oxygens (including phenoxy) is 2. The Bertz CT molecular complexity index is 1210. The Kier molecular flexibility index (Phi) is 8.29. The summed E-state index contributed by atoms with van der Waals surface area (Å²) in [6, 6.07) is 16.7. The normalized spacial score (nSPS) is 21.5. The van der Waals surface area contributed by atoms with Gasteiger partial charge in [0.1, 0.15) is 24.5 Å². The van der Waals surface area contributed by atoms with Crippen LogP contribution in [0.15, 0.2) is 60.7 Å². The lowest BCUT2D eigenvalue weighted by molar-refractivity contribution is -0.134. The molecule has 4 rings (SSSR count). The van der Waals surface area contributed by atoms with Crippen LogP contribution >= 0.6 is 0 Å². The molecule has 2 N–H and O–H groups in total. The van der Waals surface area contributed by atoms with E-state index >= 15 is 0 Å². The third-order valence-corrected chi connectivity index (χ3v) is 7.63. The first-order valence-electron chi connectivity index (χ1n) is 11.9. The highest BCUT2D eigenvalue weighted by atomic mass is 32.2. The van der Waals surface area contributed by atoms with Crippen molar-refractivity contribution in [2.24, 2.45) is 0 Å². The van der Waals surface area contributed by atoms with Crippen molar-refractivity contribution in [3.63, 3.8) is 0 Å². The molecule has 198 valence electrons. The van der Waals surface area contributed by atoms with Gasteiger partial charge in [-0.25, -0.2) is 9.59 Å². The molecule has 3 amide bonds. The molecule has 3 atom stereocenters. The lowest BCUT2D eigenvalue weighted by Gasteiger charge is -2.27. The van der Waals surface area contributed by atoms with Crippen LogP contribution in [-0.2, 0) is 37.6 Å². The van der Waals surface area contributed by atoms with Crippen LogP contribution in [0.1, 0.15) is 24.0 Å². The Morgan fingerprint density at radius 2 is 1.51 bits per heavy atom. The van der Waals surface area contributed by atoms with E-state index in [1.807, 2.05) is 36.4 Å². The maximum Gasteiger partial charge on any atom is 0.410 e. The molecule has 37 heavy (non-hydrogen) atoms. The Hall–Kier alpha value is -3.64. The van der Waals surface area contributed by atoms with Gasteiger partial charge in [-0.2, -0.15) is 8.42 Å². The number of carbonyl (C=O) groups excluding carboxylic acids is 3. The molecule has 2 aliphatic heterocycles. The van der Waals surface area contributed by atoms with Gasteiger partial charge in [-0.15, -0.1) is 0 Å². The molecular weight excluding hydrogens is 502 g/mol. The van der Waals surface area contributed by atoms with Crippen LogP contribution < -0.4 is 5.32 Å². The minimum Gasteiger partial charge on any atom is -0.445 e. The number of likely N-dealkylation sites (tertiary alicyclic amines) is 2. The third kappa shape index (κ3) is 6.98. The topological polar surface area (TPSA) is 143 Å². The number of alkyl carbamates (subject to hydrolysis) is 1. The first kappa shape index (κ1) is 26.4. The van der Waals surface area contributed by atoms with E-state index in [1.54, 1.807) is 24.3 Å². The summed E-state index contributed by atoms with van der Waals surface area (Å²) in [5, 5.41) is 1.44. The van der Waals surface area contributed by atoms with Crippen molar-refractivity contribution in [2.75, 3.05) is 19.6 Å². The number of amides is 3. The summed E-state index contributed by atoms with van der Waals surface area (Å²) in [4.78, 5) is 40.8. The zero-order valence-electron chi connectivity index (χ0n) is 20.1. The van der Waals surface area contributed by atoms with Crippen LogP contribution in [-0.4, -0.2) is 77.8 Å². The lowest BCUT2D eigenvalue weighted by Crippen LogP contribution is -2.48. The van der Waals surface area contributed by atoms with Gasteiger partial charge in [0.05, 0.1) is 6.04 Å². The van der Waals surface area contributed by atoms with Gasteiger partial charge in [-0.05, 0) is 24.0 Å². The quantitative estimate of drug-likeness (QED) is 0.518. The molecule has 2 heterocycles. The summed E-state index contributed by atoms with van der Waals surface area (Å²) >= 11 is 0. The van der Waals surface area contributed by atoms with Gasteiger partial charge < -0.3 is 19.7 Å². The highest BCUT2D eigenvalue weighted by Gasteiger charge is 2.47. The van der Waals surface area contributed by atoms with Crippen molar-refractivity contribution in [2.45, 2.75) is 43.4 Å². The van der Waals surface area contributed by atoms with E-state index in [1.165, 1.54) is 4.90 Å². The minimum atomic E-state index is -4.48. The van der Waals surface area contributed by atoms with Gasteiger partial charge in [-0.1, -0.05) is 60.7 Å². The second-order valence-electron chi connectivity index (χ2n) is 9.06. The summed E-state index contributed by atoms with van der Waals surface area (Å²) in [6.45, 7) is 0.196. The van der Waals surface area contributed by atoms with E-state index < -0.39 is 39.5 Å². The van der Waals surface area contributed by atoms with Crippen molar-refractivity contribution >= 4 is 28.2 Å². The molecule has 0 spiro atoms. The standard InChI is InChI=1S/C25H29N3O8S/c29-23(27-12-11-20(14-27)26-24(30)35-16-18-7-3-1-4-8-18)22-13-21(37(32,33)34)15-28(22)25(31)36-17-19-9-5-2-6-10-19/h1-10,20-22H,11-17H2,(H,26,30)(H,32,33,34)/t20?,21-,22+/m1/s1. The average Bonchev–Trinajstić information content (AvgIpc) is 3.55. The fourth-order valence-electron chi connectivity index (χ4n) is 4.47. The van der Waals surface area contributed by atoms with Gasteiger partial charge in [-0.3, -0.25) is 14.2 Å². The zero-order valence-corrected chi connectivity index (χ0v) is 20.9. The smallest absolute Gasteiger partial charge is 0.410 e. The first-order chi connectivity index (χ1) is 17.7. The van der Waals surface area contributed by atoms with Crippen LogP contribution in [0.25, 0.3) is 0 Å². The largest absolute Gasteiger partial charge is 0.445 e. The highest BCUT2D eigenvalue weighted by molar-refractivity contribution is 7.86. The monoisotopic (exact) mass is 531 g/mol. The van der Waals surface area contributed by atoms with Crippen molar-refractivity contribution in [1.29, 1.82) is 0 Å². The van der Waals surface area contributed by atoms with E-state index in [0.29, 0.717) is 13.0 Å². The minimum absolute atomic E-state index is 0.0472. The number of hydrogen-bond donors (Lipinski definition) is 2. The fraction of sp³-hybridized carbons (Fsp3) is 0.400. The maximum atomic E-state index is 13.3. The summed E-state index contributed by atoms with van der Waals surface area (Å²) in [5.74, 6) is -0.468. The number of rotatable bonds is 7. The average molecular weight is 532 g/mol. The van der Waals surface area contributed by atoms with Gasteiger partial charge in [0.15, 0.2) is 0 Å². The molecular formula is C25H29N3O8S. The Morgan fingerprint density at radius 1 is 0.919 bits per heavy atom. The second kappa shape index (κ2) is 11.6. The summed E-state index contributed by atoms with van der Waals surface area (Å²) in [5.41, 5.74) is 1.58. The van der Waals surface area contributed by atoms with E-state index in [4.69, 9.17) is 9.47 Å². The predicted molar refractivity (Wildman–Crippen MR) is 132 cm³/mol. The molecule has 11 nitrogen and oxygen atoms in total. The molecule has 0 saturated carbocycles. The number of carbonyl (C=O) groups is 3. The summed E-state index contributed by atoms with van der Waals surface area (Å²) < 4.78 is 43.7. The second-order valence-corrected chi connectivity index (χ2v) is 10.8. The number of hydrogen-bond acceptors (Lipinski definition) is 7. The van der Waals surface area contributed by atoms with Gasteiger partial charge in [0.2, 0.25) is 5.91 Å². The Balaban J connectivity index is 1.34. The summed E-state index contributed by atoms with van der Waals surface area (Å²) in [7, 11) is -4.48. The van der Waals surface area contributed by atoms with Crippen LogP contribution in [0.5, 0.6) is 0 Å². The molecule has 0 aliphatic carbocycles. The summed E-state index contributed by atoms with van der Waals surface area (Å²) in [6.07, 6.45) is -1.22. The van der Waals surface area contributed by atoms with Crippen molar-refractivity contribution in [1.82, 2.24) is 15.1 Å². The van der Waals surface area contributed by atoms with Crippen LogP contribution in [0.3, 0.4) is 0 Å². The SMILES string of the molecule is O=C(NC1CCN(C(=O)[C@@H]2C[C@@H](S(=O)(=O)O)CN2C(=O)OCc2ccccc2)C1)OCc1ccccc1. The van der Waals surface area contributed by atoms with E-state index in [-0.39, 0.29) is 38.8 Å². The Labute approximate surface area is 215 Å². The van der Waals surface area contributed by atoms with E-state index in [2.05, 4.69) is 5.32 Å². The zero-order chi connectivity index (χ0) is 26.4. The molecule has 1 unspecified atom stereocenters. The van der Waals surface area contributed by atoms with Gasteiger partial charge >= 0.3 is 12.2 Å². The third-order valence-electron chi connectivity index (χ3n) is 6.44. The van der Waals surface area contributed by atoms with Crippen molar-refractivity contribution in [3.8, 4) is 0 Å². The van der Waals surface area contributed by atoms with E-state index in [0.717, 1.165) is 16.0 Å². The van der Waals surface area contributed by atoms with Crippen LogP contribution in [0, 0.1) is 0 Å². The molecule has 2 aromatic rings. The Morgan fingerprint density at radius 3 is 2.11 bits per heavy atom.